The third-order valence-corrected chi connectivity index (χ3v) is 18.0. The van der Waals surface area contributed by atoms with E-state index in [1.807, 2.05) is 24.3 Å². The van der Waals surface area contributed by atoms with E-state index in [1.54, 1.807) is 12.1 Å². The summed E-state index contributed by atoms with van der Waals surface area (Å²) in [6.45, 7) is 21.5. The Morgan fingerprint density at radius 2 is 1.63 bits per heavy atom. The fourth-order valence-corrected chi connectivity index (χ4v) is 15.0. The van der Waals surface area contributed by atoms with Crippen molar-refractivity contribution in [2.24, 2.45) is 69.0 Å². The Kier molecular flexibility index (Phi) is 10.1. The lowest BCUT2D eigenvalue weighted by Crippen LogP contribution is -2.67. The van der Waals surface area contributed by atoms with Crippen molar-refractivity contribution in [2.75, 3.05) is 6.61 Å². The Morgan fingerprint density at radius 3 is 2.30 bits per heavy atom. The normalized spacial score (nSPS) is 40.8. The molecular formula is C50H68N2O5. The zero-order valence-electron chi connectivity index (χ0n) is 35.7. The summed E-state index contributed by atoms with van der Waals surface area (Å²) in [4.78, 5) is 38.8. The van der Waals surface area contributed by atoms with Gasteiger partial charge in [0.15, 0.2) is 0 Å². The Balaban J connectivity index is 0.977. The van der Waals surface area contributed by atoms with Gasteiger partial charge < -0.3 is 20.5 Å². The van der Waals surface area contributed by atoms with Crippen LogP contribution in [-0.2, 0) is 9.53 Å². The van der Waals surface area contributed by atoms with Crippen molar-refractivity contribution < 1.29 is 24.2 Å². The first-order chi connectivity index (χ1) is 26.9. The van der Waals surface area contributed by atoms with E-state index in [0.717, 1.165) is 44.1 Å². The molecule has 308 valence electrons. The van der Waals surface area contributed by atoms with Crippen molar-refractivity contribution in [3.8, 4) is 0 Å². The molecule has 7 aliphatic rings. The zero-order chi connectivity index (χ0) is 40.7. The highest BCUT2D eigenvalue weighted by Crippen LogP contribution is 2.73. The minimum atomic E-state index is -0.882. The molecule has 7 aliphatic carbocycles. The van der Waals surface area contributed by atoms with Gasteiger partial charge in [-0.2, -0.15) is 0 Å². The van der Waals surface area contributed by atoms with Gasteiger partial charge in [0.2, 0.25) is 5.91 Å². The number of benzene rings is 1. The predicted molar refractivity (Wildman–Crippen MR) is 226 cm³/mol. The van der Waals surface area contributed by atoms with Gasteiger partial charge >= 0.3 is 12.1 Å². The average molecular weight is 777 g/mol. The number of carbonyl (C=O) groups is 3. The summed E-state index contributed by atoms with van der Waals surface area (Å²) in [5.41, 5.74) is 3.97. The first-order valence-corrected chi connectivity index (χ1v) is 22.2. The molecule has 0 spiro atoms. The number of fused-ring (bicyclic) bond motifs is 7. The van der Waals surface area contributed by atoms with E-state index in [-0.39, 0.29) is 57.1 Å². The van der Waals surface area contributed by atoms with E-state index in [9.17, 15) is 19.5 Å². The van der Waals surface area contributed by atoms with Crippen LogP contribution >= 0.6 is 0 Å². The quantitative estimate of drug-likeness (QED) is 0.228. The number of hydrogen-bond donors (Lipinski definition) is 3. The van der Waals surface area contributed by atoms with Crippen molar-refractivity contribution in [2.45, 2.75) is 131 Å². The lowest BCUT2D eigenvalue weighted by Gasteiger charge is -2.68. The topological polar surface area (TPSA) is 105 Å². The standard InChI is InChI=1S/C50H68N2O5/c1-30(2)34-20-26-50(52-43(53)38-28-41(47(38,5)6)51-45(56)57-29-31-12-10-9-11-13-31)27-22-37-35(42(34)50)18-19-40-48(37,7)25-23-39-46(3,4)36(21-24-49(39,40)8)32-14-16-33(17-15-32)44(54)55/h9-12,14-17,21,31,34-35,37-42H,1,13,18-20,22-29H2,2-8H3,(H,51,56)(H,52,53)(H,54,55)/t31?,34-,35-,37?,38-,39?,40?,41-,42?,48-,49-,50-/m0/s1. The summed E-state index contributed by atoms with van der Waals surface area (Å²) in [5, 5.41) is 16.4. The van der Waals surface area contributed by atoms with Crippen LogP contribution in [0.4, 0.5) is 4.79 Å². The van der Waals surface area contributed by atoms with Gasteiger partial charge in [-0.15, -0.1) is 0 Å². The summed E-state index contributed by atoms with van der Waals surface area (Å²) in [7, 11) is 0. The molecule has 0 heterocycles. The highest BCUT2D eigenvalue weighted by molar-refractivity contribution is 5.88. The fraction of sp³-hybridized carbons (Fsp3) is 0.660. The molecule has 5 fully saturated rings. The molecule has 0 aromatic heterocycles. The maximum Gasteiger partial charge on any atom is 0.407 e. The van der Waals surface area contributed by atoms with Crippen LogP contribution in [0.2, 0.25) is 0 Å². The number of aromatic carboxylic acids is 1. The van der Waals surface area contributed by atoms with Gasteiger partial charge in [-0.3, -0.25) is 4.79 Å². The molecule has 5 saturated carbocycles. The number of hydrogen-bond acceptors (Lipinski definition) is 4. The second-order valence-electron chi connectivity index (χ2n) is 21.3. The van der Waals surface area contributed by atoms with E-state index < -0.39 is 5.97 Å². The largest absolute Gasteiger partial charge is 0.478 e. The molecule has 0 saturated heterocycles. The Hall–Kier alpha value is -3.61. The maximum absolute atomic E-state index is 14.5. The van der Waals surface area contributed by atoms with Crippen molar-refractivity contribution in [3.63, 3.8) is 0 Å². The SMILES string of the molecule is C=C(C)[C@@H]1CC[C@]2(NC(=O)[C@@H]3C[C@H](NC(=O)OCC4C=CC=CC4)C3(C)C)CCC3[C@H](CCC4[C@@]3(C)CCC3C(C)(C)C(c5ccc(C(=O)O)cc5)=CC[C@@]34C)C12. The highest BCUT2D eigenvalue weighted by Gasteiger charge is 2.67. The van der Waals surface area contributed by atoms with Crippen LogP contribution in [0.15, 0.2) is 66.8 Å². The molecular weight excluding hydrogens is 709 g/mol. The van der Waals surface area contributed by atoms with Crippen LogP contribution in [0.5, 0.6) is 0 Å². The van der Waals surface area contributed by atoms with Gasteiger partial charge in [0.25, 0.3) is 0 Å². The molecule has 1 aromatic carbocycles. The molecule has 0 bridgehead atoms. The highest BCUT2D eigenvalue weighted by atomic mass is 16.5. The molecule has 5 unspecified atom stereocenters. The number of carbonyl (C=O) groups excluding carboxylic acids is 2. The van der Waals surface area contributed by atoms with Gasteiger partial charge in [0, 0.05) is 23.4 Å². The number of amides is 2. The minimum Gasteiger partial charge on any atom is -0.478 e. The van der Waals surface area contributed by atoms with E-state index in [1.165, 1.54) is 36.8 Å². The molecule has 7 nitrogen and oxygen atoms in total. The van der Waals surface area contributed by atoms with Crippen LogP contribution in [-0.4, -0.2) is 41.3 Å². The first kappa shape index (κ1) is 40.2. The molecule has 3 N–H and O–H groups in total. The van der Waals surface area contributed by atoms with E-state index in [0.29, 0.717) is 54.1 Å². The minimum absolute atomic E-state index is 0.0209. The van der Waals surface area contributed by atoms with Crippen LogP contribution in [0.3, 0.4) is 0 Å². The van der Waals surface area contributed by atoms with Crippen LogP contribution in [0.1, 0.15) is 135 Å². The number of carboxylic acid groups (broad SMARTS) is 1. The number of allylic oxidation sites excluding steroid dienone is 6. The van der Waals surface area contributed by atoms with Gasteiger partial charge in [0.05, 0.1) is 12.2 Å². The number of carboxylic acids is 1. The zero-order valence-corrected chi connectivity index (χ0v) is 35.7. The molecule has 8 rings (SSSR count). The Bertz CT molecular complexity index is 1890. The monoisotopic (exact) mass is 777 g/mol. The van der Waals surface area contributed by atoms with Gasteiger partial charge in [-0.25, -0.2) is 9.59 Å². The second-order valence-corrected chi connectivity index (χ2v) is 21.3. The van der Waals surface area contributed by atoms with Crippen molar-refractivity contribution >= 4 is 23.5 Å². The number of rotatable bonds is 8. The van der Waals surface area contributed by atoms with Crippen molar-refractivity contribution in [3.05, 3.63) is 77.9 Å². The first-order valence-electron chi connectivity index (χ1n) is 22.2. The Labute approximate surface area is 341 Å². The summed E-state index contributed by atoms with van der Waals surface area (Å²) < 4.78 is 5.60. The molecule has 12 atom stereocenters. The summed E-state index contributed by atoms with van der Waals surface area (Å²) in [6.07, 6.45) is 22.1. The number of ether oxygens (including phenoxy) is 1. The third kappa shape index (κ3) is 6.47. The lowest BCUT2D eigenvalue weighted by molar-refractivity contribution is -0.176. The van der Waals surface area contributed by atoms with E-state index in [4.69, 9.17) is 4.74 Å². The second kappa shape index (κ2) is 14.3. The summed E-state index contributed by atoms with van der Waals surface area (Å²) in [5.74, 6) is 2.53. The summed E-state index contributed by atoms with van der Waals surface area (Å²) >= 11 is 0. The summed E-state index contributed by atoms with van der Waals surface area (Å²) in [6, 6.07) is 7.43. The smallest absolute Gasteiger partial charge is 0.407 e. The van der Waals surface area contributed by atoms with Crippen LogP contribution < -0.4 is 10.6 Å². The van der Waals surface area contributed by atoms with Crippen LogP contribution in [0, 0.1) is 69.0 Å². The van der Waals surface area contributed by atoms with Crippen molar-refractivity contribution in [1.82, 2.24) is 10.6 Å². The predicted octanol–water partition coefficient (Wildman–Crippen LogP) is 10.8. The van der Waals surface area contributed by atoms with Gasteiger partial charge in [-0.1, -0.05) is 96.2 Å². The Morgan fingerprint density at radius 1 is 0.895 bits per heavy atom. The molecule has 0 aliphatic heterocycles. The molecule has 0 radical (unpaired) electrons. The van der Waals surface area contributed by atoms with Gasteiger partial charge in [0.1, 0.15) is 0 Å². The number of nitrogens with one attached hydrogen (secondary N) is 2. The molecule has 7 heteroatoms. The average Bonchev–Trinajstić information content (AvgIpc) is 3.55. The molecule has 1 aromatic rings. The molecule has 2 amide bonds. The third-order valence-electron chi connectivity index (χ3n) is 18.0. The van der Waals surface area contributed by atoms with Crippen LogP contribution in [0.25, 0.3) is 5.57 Å². The van der Waals surface area contributed by atoms with E-state index >= 15 is 0 Å². The lowest BCUT2D eigenvalue weighted by atomic mass is 9.36. The van der Waals surface area contributed by atoms with Crippen molar-refractivity contribution in [1.29, 1.82) is 0 Å². The number of alkyl carbamates (subject to hydrolysis) is 1. The molecule has 57 heavy (non-hydrogen) atoms. The van der Waals surface area contributed by atoms with E-state index in [2.05, 4.69) is 83.9 Å². The fourth-order valence-electron chi connectivity index (χ4n) is 15.0. The maximum atomic E-state index is 14.5. The van der Waals surface area contributed by atoms with Gasteiger partial charge in [-0.05, 0) is 158 Å².